The Labute approximate surface area is 131 Å². The van der Waals surface area contributed by atoms with E-state index in [1.807, 2.05) is 4.90 Å². The summed E-state index contributed by atoms with van der Waals surface area (Å²) in [5.74, 6) is 1.09. The largest absolute Gasteiger partial charge is 0.493 e. The van der Waals surface area contributed by atoms with Gasteiger partial charge in [0.1, 0.15) is 11.6 Å². The van der Waals surface area contributed by atoms with Crippen LogP contribution < -0.4 is 4.74 Å². The fraction of sp³-hybridized carbons (Fsp3) is 0.588. The Hall–Kier alpha value is -1.62. The van der Waals surface area contributed by atoms with E-state index in [1.165, 1.54) is 12.1 Å². The summed E-state index contributed by atoms with van der Waals surface area (Å²) >= 11 is 0. The van der Waals surface area contributed by atoms with Gasteiger partial charge in [-0.05, 0) is 30.2 Å². The second-order valence-electron chi connectivity index (χ2n) is 6.13. The molecule has 4 nitrogen and oxygen atoms in total. The van der Waals surface area contributed by atoms with Crippen molar-refractivity contribution in [3.05, 3.63) is 30.1 Å². The Morgan fingerprint density at radius 1 is 1.18 bits per heavy atom. The number of amides is 1. The summed E-state index contributed by atoms with van der Waals surface area (Å²) in [5.41, 5.74) is 0. The molecule has 1 aliphatic heterocycles. The van der Waals surface area contributed by atoms with E-state index in [0.29, 0.717) is 24.7 Å². The minimum atomic E-state index is -0.289. The van der Waals surface area contributed by atoms with Crippen molar-refractivity contribution in [1.29, 1.82) is 0 Å². The Balaban J connectivity index is 1.67. The lowest BCUT2D eigenvalue weighted by Gasteiger charge is -2.35. The van der Waals surface area contributed by atoms with E-state index < -0.39 is 0 Å². The second-order valence-corrected chi connectivity index (χ2v) is 6.13. The van der Waals surface area contributed by atoms with Gasteiger partial charge in [-0.2, -0.15) is 0 Å². The first-order valence-electron chi connectivity index (χ1n) is 7.93. The average molecular weight is 308 g/mol. The normalized spacial score (nSPS) is 16.1. The molecular weight excluding hydrogens is 283 g/mol. The number of benzene rings is 1. The van der Waals surface area contributed by atoms with Gasteiger partial charge in [0.25, 0.3) is 0 Å². The summed E-state index contributed by atoms with van der Waals surface area (Å²) in [7, 11) is 0. The van der Waals surface area contributed by atoms with Crippen LogP contribution in [0.25, 0.3) is 0 Å². The molecule has 0 aromatic heterocycles. The third kappa shape index (κ3) is 5.30. The van der Waals surface area contributed by atoms with Crippen LogP contribution in [0.2, 0.25) is 0 Å². The Kier molecular flexibility index (Phi) is 6.19. The summed E-state index contributed by atoms with van der Waals surface area (Å²) in [6, 6.07) is 5.85. The van der Waals surface area contributed by atoms with Gasteiger partial charge in [0.05, 0.1) is 13.0 Å². The lowest BCUT2D eigenvalue weighted by molar-refractivity contribution is -0.133. The molecule has 0 atom stereocenters. The van der Waals surface area contributed by atoms with Crippen molar-refractivity contribution in [3.8, 4) is 5.75 Å². The Morgan fingerprint density at radius 3 is 2.41 bits per heavy atom. The molecule has 1 aromatic carbocycles. The standard InChI is InChI=1S/C17H25FN2O2/c1-14(2)13-19-8-10-20(11-9-19)17(21)7-12-22-16-5-3-15(18)4-6-16/h3-6,14H,7-13H2,1-2H3. The predicted octanol–water partition coefficient (Wildman–Crippen LogP) is 2.39. The monoisotopic (exact) mass is 308 g/mol. The van der Waals surface area contributed by atoms with Crippen molar-refractivity contribution in [1.82, 2.24) is 9.80 Å². The van der Waals surface area contributed by atoms with Gasteiger partial charge >= 0.3 is 0 Å². The van der Waals surface area contributed by atoms with Crippen LogP contribution in [0, 0.1) is 11.7 Å². The van der Waals surface area contributed by atoms with E-state index in [4.69, 9.17) is 4.74 Å². The zero-order chi connectivity index (χ0) is 15.9. The number of piperazine rings is 1. The molecule has 1 amide bonds. The van der Waals surface area contributed by atoms with E-state index in [0.717, 1.165) is 32.7 Å². The van der Waals surface area contributed by atoms with Crippen molar-refractivity contribution < 1.29 is 13.9 Å². The van der Waals surface area contributed by atoms with E-state index in [-0.39, 0.29) is 11.7 Å². The maximum atomic E-state index is 12.8. The van der Waals surface area contributed by atoms with Gasteiger partial charge in [0.15, 0.2) is 0 Å². The Bertz CT molecular complexity index is 468. The van der Waals surface area contributed by atoms with Crippen LogP contribution in [0.15, 0.2) is 24.3 Å². The molecule has 1 heterocycles. The van der Waals surface area contributed by atoms with Gasteiger partial charge in [-0.3, -0.25) is 9.69 Å². The zero-order valence-corrected chi connectivity index (χ0v) is 13.4. The average Bonchev–Trinajstić information content (AvgIpc) is 2.49. The number of hydrogen-bond acceptors (Lipinski definition) is 3. The van der Waals surface area contributed by atoms with Crippen LogP contribution in [0.5, 0.6) is 5.75 Å². The van der Waals surface area contributed by atoms with Crippen molar-refractivity contribution in [3.63, 3.8) is 0 Å². The van der Waals surface area contributed by atoms with Crippen LogP contribution in [-0.2, 0) is 4.79 Å². The molecule has 1 saturated heterocycles. The summed E-state index contributed by atoms with van der Waals surface area (Å²) in [6.45, 7) is 9.33. The van der Waals surface area contributed by atoms with Gasteiger partial charge in [-0.1, -0.05) is 13.8 Å². The molecule has 1 fully saturated rings. The molecule has 5 heteroatoms. The molecule has 0 spiro atoms. The molecule has 0 unspecified atom stereocenters. The molecule has 0 saturated carbocycles. The SMILES string of the molecule is CC(C)CN1CCN(C(=O)CCOc2ccc(F)cc2)CC1. The fourth-order valence-electron chi connectivity index (χ4n) is 2.64. The zero-order valence-electron chi connectivity index (χ0n) is 13.4. The first-order valence-corrected chi connectivity index (χ1v) is 7.93. The fourth-order valence-corrected chi connectivity index (χ4v) is 2.64. The second kappa shape index (κ2) is 8.13. The van der Waals surface area contributed by atoms with Gasteiger partial charge in [-0.15, -0.1) is 0 Å². The number of hydrogen-bond donors (Lipinski definition) is 0. The molecule has 1 aliphatic rings. The quantitative estimate of drug-likeness (QED) is 0.809. The first-order chi connectivity index (χ1) is 10.5. The van der Waals surface area contributed by atoms with Gasteiger partial charge in [0, 0.05) is 32.7 Å². The van der Waals surface area contributed by atoms with Crippen LogP contribution >= 0.6 is 0 Å². The van der Waals surface area contributed by atoms with Gasteiger partial charge in [-0.25, -0.2) is 4.39 Å². The number of rotatable bonds is 6. The lowest BCUT2D eigenvalue weighted by atomic mass is 10.2. The predicted molar refractivity (Wildman–Crippen MR) is 84.4 cm³/mol. The molecule has 2 rings (SSSR count). The van der Waals surface area contributed by atoms with E-state index in [9.17, 15) is 9.18 Å². The maximum Gasteiger partial charge on any atom is 0.226 e. The van der Waals surface area contributed by atoms with E-state index in [2.05, 4.69) is 18.7 Å². The summed E-state index contributed by atoms with van der Waals surface area (Å²) in [6.07, 6.45) is 0.363. The molecule has 0 N–H and O–H groups in total. The highest BCUT2D eigenvalue weighted by Gasteiger charge is 2.21. The number of nitrogens with zero attached hydrogens (tertiary/aromatic N) is 2. The van der Waals surface area contributed by atoms with E-state index in [1.54, 1.807) is 12.1 Å². The van der Waals surface area contributed by atoms with Crippen LogP contribution in [0.4, 0.5) is 4.39 Å². The lowest BCUT2D eigenvalue weighted by Crippen LogP contribution is -2.49. The molecule has 22 heavy (non-hydrogen) atoms. The molecule has 1 aromatic rings. The number of halogens is 1. The van der Waals surface area contributed by atoms with Crippen LogP contribution in [0.1, 0.15) is 20.3 Å². The third-order valence-corrected chi connectivity index (χ3v) is 3.75. The van der Waals surface area contributed by atoms with Gasteiger partial charge < -0.3 is 9.64 Å². The minimum absolute atomic E-state index is 0.131. The first kappa shape index (κ1) is 16.7. The van der Waals surface area contributed by atoms with Crippen molar-refractivity contribution in [2.75, 3.05) is 39.3 Å². The summed E-state index contributed by atoms with van der Waals surface area (Å²) in [5, 5.41) is 0. The van der Waals surface area contributed by atoms with Crippen molar-refractivity contribution >= 4 is 5.91 Å². The summed E-state index contributed by atoms with van der Waals surface area (Å²) < 4.78 is 18.2. The van der Waals surface area contributed by atoms with Crippen LogP contribution in [-0.4, -0.2) is 55.0 Å². The third-order valence-electron chi connectivity index (χ3n) is 3.75. The highest BCUT2D eigenvalue weighted by atomic mass is 19.1. The molecule has 0 radical (unpaired) electrons. The van der Waals surface area contributed by atoms with E-state index >= 15 is 0 Å². The smallest absolute Gasteiger partial charge is 0.226 e. The molecular formula is C17H25FN2O2. The summed E-state index contributed by atoms with van der Waals surface area (Å²) in [4.78, 5) is 16.5. The highest BCUT2D eigenvalue weighted by Crippen LogP contribution is 2.12. The Morgan fingerprint density at radius 2 is 1.82 bits per heavy atom. The molecule has 0 aliphatic carbocycles. The van der Waals surface area contributed by atoms with Crippen molar-refractivity contribution in [2.24, 2.45) is 5.92 Å². The molecule has 0 bridgehead atoms. The highest BCUT2D eigenvalue weighted by molar-refractivity contribution is 5.76. The molecule has 122 valence electrons. The minimum Gasteiger partial charge on any atom is -0.493 e. The maximum absolute atomic E-state index is 12.8. The number of carbonyl (C=O) groups is 1. The number of carbonyl (C=O) groups excluding carboxylic acids is 1. The van der Waals surface area contributed by atoms with Crippen molar-refractivity contribution in [2.45, 2.75) is 20.3 Å². The van der Waals surface area contributed by atoms with Crippen LogP contribution in [0.3, 0.4) is 0 Å². The topological polar surface area (TPSA) is 32.8 Å². The van der Waals surface area contributed by atoms with Gasteiger partial charge in [0.2, 0.25) is 5.91 Å². The number of ether oxygens (including phenoxy) is 1.